The molecule has 1 aliphatic carbocycles. The lowest BCUT2D eigenvalue weighted by Gasteiger charge is -2.32. The van der Waals surface area contributed by atoms with Crippen molar-refractivity contribution in [1.29, 1.82) is 0 Å². The van der Waals surface area contributed by atoms with Crippen molar-refractivity contribution < 1.29 is 9.59 Å². The van der Waals surface area contributed by atoms with E-state index in [0.717, 1.165) is 25.7 Å². The summed E-state index contributed by atoms with van der Waals surface area (Å²) in [5.41, 5.74) is 6.26. The minimum absolute atomic E-state index is 0. The SMILES string of the molecule is CC(NC(=O)c1ccc(Cl)cc1)C(=O)NC1CCCCC1CN.Cl. The molecule has 7 heteroatoms. The number of carbonyl (C=O) groups is 2. The largest absolute Gasteiger partial charge is 0.351 e. The van der Waals surface area contributed by atoms with Crippen molar-refractivity contribution in [2.24, 2.45) is 11.7 Å². The van der Waals surface area contributed by atoms with Gasteiger partial charge in [-0.25, -0.2) is 0 Å². The quantitative estimate of drug-likeness (QED) is 0.741. The van der Waals surface area contributed by atoms with Gasteiger partial charge in [-0.3, -0.25) is 9.59 Å². The van der Waals surface area contributed by atoms with Gasteiger partial charge in [-0.15, -0.1) is 12.4 Å². The monoisotopic (exact) mass is 373 g/mol. The van der Waals surface area contributed by atoms with E-state index in [9.17, 15) is 9.59 Å². The fourth-order valence-electron chi connectivity index (χ4n) is 2.93. The van der Waals surface area contributed by atoms with E-state index in [1.165, 1.54) is 0 Å². The Bertz CT molecular complexity index is 551. The first-order chi connectivity index (χ1) is 11.0. The van der Waals surface area contributed by atoms with Crippen LogP contribution < -0.4 is 16.4 Å². The molecular formula is C17H25Cl2N3O2. The molecule has 1 saturated carbocycles. The van der Waals surface area contributed by atoms with Crippen LogP contribution in [0, 0.1) is 5.92 Å². The number of hydrogen-bond donors (Lipinski definition) is 3. The number of carbonyl (C=O) groups excluding carboxylic acids is 2. The summed E-state index contributed by atoms with van der Waals surface area (Å²) in [6.07, 6.45) is 4.27. The van der Waals surface area contributed by atoms with E-state index in [4.69, 9.17) is 17.3 Å². The van der Waals surface area contributed by atoms with Gasteiger partial charge in [-0.05, 0) is 56.5 Å². The number of hydrogen-bond acceptors (Lipinski definition) is 3. The number of nitrogens with one attached hydrogen (secondary N) is 2. The average Bonchev–Trinajstić information content (AvgIpc) is 2.55. The normalized spacial score (nSPS) is 21.3. The second kappa shape index (κ2) is 9.87. The zero-order chi connectivity index (χ0) is 16.8. The third kappa shape index (κ3) is 5.65. The average molecular weight is 374 g/mol. The highest BCUT2D eigenvalue weighted by Crippen LogP contribution is 2.23. The second-order valence-corrected chi connectivity index (χ2v) is 6.53. The Balaban J connectivity index is 0.00000288. The summed E-state index contributed by atoms with van der Waals surface area (Å²) in [7, 11) is 0. The van der Waals surface area contributed by atoms with E-state index in [1.807, 2.05) is 0 Å². The van der Waals surface area contributed by atoms with Gasteiger partial charge >= 0.3 is 0 Å². The number of nitrogens with two attached hydrogens (primary N) is 1. The summed E-state index contributed by atoms with van der Waals surface area (Å²) in [5, 5.41) is 6.31. The highest BCUT2D eigenvalue weighted by atomic mass is 35.5. The molecule has 1 aliphatic rings. The minimum atomic E-state index is -0.599. The van der Waals surface area contributed by atoms with E-state index in [1.54, 1.807) is 31.2 Å². The van der Waals surface area contributed by atoms with E-state index in [2.05, 4.69) is 10.6 Å². The third-order valence-corrected chi connectivity index (χ3v) is 4.64. The fourth-order valence-corrected chi connectivity index (χ4v) is 3.06. The van der Waals surface area contributed by atoms with Crippen molar-refractivity contribution >= 4 is 35.8 Å². The zero-order valence-electron chi connectivity index (χ0n) is 13.8. The summed E-state index contributed by atoms with van der Waals surface area (Å²) in [6, 6.07) is 6.07. The molecule has 4 N–H and O–H groups in total. The van der Waals surface area contributed by atoms with Gasteiger partial charge in [0.25, 0.3) is 5.91 Å². The van der Waals surface area contributed by atoms with E-state index >= 15 is 0 Å². The summed E-state index contributed by atoms with van der Waals surface area (Å²) >= 11 is 5.80. The van der Waals surface area contributed by atoms with Crippen molar-refractivity contribution in [3.63, 3.8) is 0 Å². The predicted octanol–water partition coefficient (Wildman–Crippen LogP) is 2.51. The number of rotatable bonds is 5. The number of benzene rings is 1. The lowest BCUT2D eigenvalue weighted by Crippen LogP contribution is -2.51. The Hall–Kier alpha value is -1.30. The molecule has 134 valence electrons. The molecule has 1 fully saturated rings. The van der Waals surface area contributed by atoms with Crippen molar-refractivity contribution in [2.75, 3.05) is 6.54 Å². The van der Waals surface area contributed by atoms with Crippen molar-refractivity contribution in [3.8, 4) is 0 Å². The van der Waals surface area contributed by atoms with Gasteiger partial charge < -0.3 is 16.4 Å². The van der Waals surface area contributed by atoms with Crippen LogP contribution in [0.25, 0.3) is 0 Å². The topological polar surface area (TPSA) is 84.2 Å². The van der Waals surface area contributed by atoms with E-state index in [-0.39, 0.29) is 30.3 Å². The van der Waals surface area contributed by atoms with Crippen LogP contribution in [0.15, 0.2) is 24.3 Å². The Morgan fingerprint density at radius 1 is 1.25 bits per heavy atom. The molecule has 0 spiro atoms. The number of halogens is 2. The maximum atomic E-state index is 12.3. The Labute approximate surface area is 154 Å². The van der Waals surface area contributed by atoms with Crippen LogP contribution in [-0.4, -0.2) is 30.4 Å². The summed E-state index contributed by atoms with van der Waals surface area (Å²) < 4.78 is 0. The Morgan fingerprint density at radius 3 is 2.50 bits per heavy atom. The lowest BCUT2D eigenvalue weighted by atomic mass is 9.84. The van der Waals surface area contributed by atoms with Gasteiger partial charge in [0, 0.05) is 16.6 Å². The molecule has 2 rings (SSSR count). The van der Waals surface area contributed by atoms with E-state index < -0.39 is 6.04 Å². The van der Waals surface area contributed by atoms with Crippen LogP contribution in [0.4, 0.5) is 0 Å². The van der Waals surface area contributed by atoms with Gasteiger partial charge in [-0.2, -0.15) is 0 Å². The summed E-state index contributed by atoms with van der Waals surface area (Å²) in [6.45, 7) is 2.26. The highest BCUT2D eigenvalue weighted by Gasteiger charge is 2.27. The minimum Gasteiger partial charge on any atom is -0.351 e. The van der Waals surface area contributed by atoms with Gasteiger partial charge in [0.05, 0.1) is 0 Å². The first-order valence-corrected chi connectivity index (χ1v) is 8.46. The third-order valence-electron chi connectivity index (χ3n) is 4.39. The summed E-state index contributed by atoms with van der Waals surface area (Å²) in [5.74, 6) is -0.132. The van der Waals surface area contributed by atoms with Gasteiger partial charge in [0.2, 0.25) is 5.91 Å². The molecule has 2 amide bonds. The van der Waals surface area contributed by atoms with Gasteiger partial charge in [0.1, 0.15) is 6.04 Å². The van der Waals surface area contributed by atoms with Crippen LogP contribution in [0.1, 0.15) is 43.0 Å². The second-order valence-electron chi connectivity index (χ2n) is 6.10. The Kier molecular flexibility index (Phi) is 8.53. The molecule has 0 radical (unpaired) electrons. The van der Waals surface area contributed by atoms with Gasteiger partial charge in [-0.1, -0.05) is 24.4 Å². The first kappa shape index (κ1) is 20.7. The van der Waals surface area contributed by atoms with Crippen molar-refractivity contribution in [2.45, 2.75) is 44.7 Å². The molecular weight excluding hydrogens is 349 g/mol. The molecule has 0 aromatic heterocycles. The number of amides is 2. The Morgan fingerprint density at radius 2 is 1.88 bits per heavy atom. The van der Waals surface area contributed by atoms with Crippen LogP contribution in [0.5, 0.6) is 0 Å². The molecule has 3 atom stereocenters. The molecule has 24 heavy (non-hydrogen) atoms. The van der Waals surface area contributed by atoms with Crippen LogP contribution in [0.2, 0.25) is 5.02 Å². The highest BCUT2D eigenvalue weighted by molar-refractivity contribution is 6.30. The fraction of sp³-hybridized carbons (Fsp3) is 0.529. The zero-order valence-corrected chi connectivity index (χ0v) is 15.3. The first-order valence-electron chi connectivity index (χ1n) is 8.08. The smallest absolute Gasteiger partial charge is 0.251 e. The maximum Gasteiger partial charge on any atom is 0.251 e. The molecule has 0 heterocycles. The molecule has 0 bridgehead atoms. The molecule has 0 saturated heterocycles. The molecule has 1 aromatic carbocycles. The molecule has 3 unspecified atom stereocenters. The van der Waals surface area contributed by atoms with Crippen LogP contribution >= 0.6 is 24.0 Å². The van der Waals surface area contributed by atoms with E-state index in [0.29, 0.717) is 23.0 Å². The summed E-state index contributed by atoms with van der Waals surface area (Å²) in [4.78, 5) is 24.4. The predicted molar refractivity (Wildman–Crippen MR) is 98.6 cm³/mol. The van der Waals surface area contributed by atoms with Crippen LogP contribution in [-0.2, 0) is 4.79 Å². The van der Waals surface area contributed by atoms with Crippen molar-refractivity contribution in [1.82, 2.24) is 10.6 Å². The molecule has 1 aromatic rings. The lowest BCUT2D eigenvalue weighted by molar-refractivity contribution is -0.123. The maximum absolute atomic E-state index is 12.3. The van der Waals surface area contributed by atoms with Crippen molar-refractivity contribution in [3.05, 3.63) is 34.9 Å². The van der Waals surface area contributed by atoms with Crippen LogP contribution in [0.3, 0.4) is 0 Å². The van der Waals surface area contributed by atoms with Gasteiger partial charge in [0.15, 0.2) is 0 Å². The molecule has 5 nitrogen and oxygen atoms in total. The standard InChI is InChI=1S/C17H24ClN3O2.ClH/c1-11(20-17(23)12-6-8-14(18)9-7-12)16(22)21-15-5-3-2-4-13(15)10-19;/h6-9,11,13,15H,2-5,10,19H2,1H3,(H,20,23)(H,21,22);1H. The molecule has 0 aliphatic heterocycles.